The number of thiophene rings is 1. The Hall–Kier alpha value is -0.868. The predicted octanol–water partition coefficient (Wildman–Crippen LogP) is 2.88. The van der Waals surface area contributed by atoms with Gasteiger partial charge in [0.25, 0.3) is 0 Å². The summed E-state index contributed by atoms with van der Waals surface area (Å²) in [7, 11) is 0. The van der Waals surface area contributed by atoms with E-state index in [1.165, 1.54) is 11.3 Å². The standard InChI is InChI=1S/C12H9ClO2S.Al.2H2O/c13-11-6-9(8-4-2-1-3-5-8)10(16-11)7-12(14)15;;;/h1-6H,7H2,(H,14,15);;2*1H2/q;+3;;/p-3. The Morgan fingerprint density at radius 3 is 2.47 bits per heavy atom. The third-order valence-corrected chi connectivity index (χ3v) is 3.83. The zero-order chi connectivity index (χ0) is 12.3. The van der Waals surface area contributed by atoms with Crippen LogP contribution < -0.4 is 0 Å². The van der Waals surface area contributed by atoms with Crippen LogP contribution in [0.15, 0.2) is 36.4 Å². The maximum atomic E-state index is 11.3. The molecule has 2 N–H and O–H groups in total. The number of benzene rings is 1. The van der Waals surface area contributed by atoms with E-state index in [9.17, 15) is 4.79 Å². The van der Waals surface area contributed by atoms with Crippen molar-refractivity contribution in [2.24, 2.45) is 0 Å². The molecule has 0 unspecified atom stereocenters. The minimum Gasteiger partial charge on any atom is -0.870 e. The fraction of sp³-hybridized carbons (Fsp3) is 0.0833. The van der Waals surface area contributed by atoms with Gasteiger partial charge in [0, 0.05) is 0 Å². The van der Waals surface area contributed by atoms with Crippen molar-refractivity contribution < 1.29 is 19.5 Å². The first-order valence-corrected chi connectivity index (χ1v) is 6.60. The Morgan fingerprint density at radius 2 is 1.89 bits per heavy atom. The molecule has 0 aliphatic carbocycles. The second-order valence-electron chi connectivity index (χ2n) is 3.42. The molecule has 0 saturated heterocycles. The molecule has 0 bridgehead atoms. The number of carbonyl (C=O) groups excluding carboxylic acids is 1. The van der Waals surface area contributed by atoms with Crippen LogP contribution in [0.25, 0.3) is 11.1 Å². The molecule has 0 saturated carbocycles. The maximum absolute atomic E-state index is 11.3. The van der Waals surface area contributed by atoms with Crippen molar-refractivity contribution >= 4 is 45.5 Å². The normalized spacial score (nSPS) is 9.21. The van der Waals surface area contributed by atoms with Crippen LogP contribution in [0.5, 0.6) is 0 Å². The van der Waals surface area contributed by atoms with E-state index in [1.807, 2.05) is 53.0 Å². The average molecular weight is 313 g/mol. The second-order valence-corrected chi connectivity index (χ2v) is 5.42. The van der Waals surface area contributed by atoms with Gasteiger partial charge in [0.15, 0.2) is 0 Å². The van der Waals surface area contributed by atoms with Gasteiger partial charge in [-0.3, -0.25) is 0 Å². The molecule has 4 nitrogen and oxygen atoms in total. The van der Waals surface area contributed by atoms with Gasteiger partial charge in [0.2, 0.25) is 0 Å². The minimum absolute atomic E-state index is 0. The summed E-state index contributed by atoms with van der Waals surface area (Å²) >= 11 is 9.37. The Labute approximate surface area is 128 Å². The first kappa shape index (κ1) is 18.1. The van der Waals surface area contributed by atoms with Gasteiger partial charge in [-0.15, -0.1) is 0 Å². The van der Waals surface area contributed by atoms with Crippen LogP contribution in [0, 0.1) is 0 Å². The Morgan fingerprint density at radius 1 is 1.26 bits per heavy atom. The summed E-state index contributed by atoms with van der Waals surface area (Å²) < 4.78 is 5.27. The van der Waals surface area contributed by atoms with Gasteiger partial charge < -0.3 is 11.0 Å². The van der Waals surface area contributed by atoms with Crippen LogP contribution in [0.2, 0.25) is 4.34 Å². The first-order valence-electron chi connectivity index (χ1n) is 4.94. The molecule has 1 heterocycles. The summed E-state index contributed by atoms with van der Waals surface area (Å²) in [5.74, 6) is -0.286. The van der Waals surface area contributed by atoms with E-state index in [2.05, 4.69) is 3.79 Å². The molecule has 0 aliphatic heterocycles. The van der Waals surface area contributed by atoms with E-state index in [-0.39, 0.29) is 23.3 Å². The van der Waals surface area contributed by atoms with Gasteiger partial charge in [-0.25, -0.2) is 0 Å². The minimum atomic E-state index is -0.286. The molecular formula is C12H10AlClO4S. The van der Waals surface area contributed by atoms with Crippen LogP contribution in [0.4, 0.5) is 0 Å². The van der Waals surface area contributed by atoms with Crippen molar-refractivity contribution in [1.82, 2.24) is 0 Å². The van der Waals surface area contributed by atoms with Gasteiger partial charge in [0.1, 0.15) is 0 Å². The van der Waals surface area contributed by atoms with Crippen LogP contribution in [-0.4, -0.2) is 33.5 Å². The summed E-state index contributed by atoms with van der Waals surface area (Å²) in [5, 5.41) is 0. The number of hydrogen-bond acceptors (Lipinski definition) is 5. The Bertz CT molecular complexity index is 530. The zero-order valence-electron chi connectivity index (χ0n) is 9.75. The average Bonchev–Trinajstić information content (AvgIpc) is 2.71. The third-order valence-electron chi connectivity index (χ3n) is 2.30. The van der Waals surface area contributed by atoms with Crippen LogP contribution >= 0.6 is 22.9 Å². The monoisotopic (exact) mass is 312 g/mol. The molecule has 1 aromatic heterocycles. The SMILES string of the molecule is O=C(Cc1sc(Cl)cc1-c1ccccc1)[O][Al+2].[OH-].[OH-]. The van der Waals surface area contributed by atoms with Gasteiger partial charge in [-0.2, -0.15) is 0 Å². The van der Waals surface area contributed by atoms with Crippen molar-refractivity contribution in [3.8, 4) is 11.1 Å². The predicted molar refractivity (Wildman–Crippen MR) is 74.2 cm³/mol. The van der Waals surface area contributed by atoms with Gasteiger partial charge in [0.05, 0.1) is 0 Å². The fourth-order valence-corrected chi connectivity index (χ4v) is 2.92. The second kappa shape index (κ2) is 8.33. The zero-order valence-corrected chi connectivity index (χ0v) is 12.5. The summed E-state index contributed by atoms with van der Waals surface area (Å²) in [6.45, 7) is 0. The number of halogens is 1. The van der Waals surface area contributed by atoms with E-state index in [1.54, 1.807) is 0 Å². The number of rotatable bonds is 3. The van der Waals surface area contributed by atoms with E-state index >= 15 is 0 Å². The maximum Gasteiger partial charge on any atom is -0.870 e. The van der Waals surface area contributed by atoms with E-state index in [0.29, 0.717) is 4.34 Å². The third kappa shape index (κ3) is 4.62. The van der Waals surface area contributed by atoms with E-state index < -0.39 is 0 Å². The smallest absolute Gasteiger partial charge is 0.870 e. The van der Waals surface area contributed by atoms with E-state index in [0.717, 1.165) is 16.0 Å². The first-order chi connectivity index (χ1) is 8.20. The topological polar surface area (TPSA) is 86.3 Å². The number of hydrogen-bond donors (Lipinski definition) is 0. The summed E-state index contributed by atoms with van der Waals surface area (Å²) in [6, 6.07) is 11.7. The molecule has 0 amide bonds. The molecule has 98 valence electrons. The van der Waals surface area contributed by atoms with Crippen LogP contribution in [0.3, 0.4) is 0 Å². The van der Waals surface area contributed by atoms with Gasteiger partial charge >= 0.3 is 117 Å². The van der Waals surface area contributed by atoms with Crippen LogP contribution in [-0.2, 0) is 15.0 Å². The quantitative estimate of drug-likeness (QED) is 0.815. The van der Waals surface area contributed by atoms with Crippen molar-refractivity contribution in [2.45, 2.75) is 6.42 Å². The van der Waals surface area contributed by atoms with Crippen molar-refractivity contribution in [3.63, 3.8) is 0 Å². The fourth-order valence-electron chi connectivity index (χ4n) is 1.56. The van der Waals surface area contributed by atoms with Gasteiger partial charge in [-0.1, -0.05) is 0 Å². The Kier molecular flexibility index (Phi) is 7.95. The summed E-state index contributed by atoms with van der Waals surface area (Å²) in [5.41, 5.74) is 2.05. The summed E-state index contributed by atoms with van der Waals surface area (Å²) in [4.78, 5) is 12.2. The molecule has 7 heteroatoms. The largest absolute Gasteiger partial charge is 0.870 e. The molecule has 0 spiro atoms. The van der Waals surface area contributed by atoms with Crippen molar-refractivity contribution in [1.29, 1.82) is 0 Å². The Balaban J connectivity index is 0.00000162. The molecular weight excluding hydrogens is 303 g/mol. The molecule has 2 rings (SSSR count). The van der Waals surface area contributed by atoms with Gasteiger partial charge in [-0.05, 0) is 0 Å². The van der Waals surface area contributed by atoms with Crippen LogP contribution in [0.1, 0.15) is 4.88 Å². The molecule has 0 atom stereocenters. The number of carbonyl (C=O) groups is 1. The molecule has 0 fully saturated rings. The molecule has 19 heavy (non-hydrogen) atoms. The van der Waals surface area contributed by atoms with Crippen molar-refractivity contribution in [2.75, 3.05) is 0 Å². The summed E-state index contributed by atoms with van der Waals surface area (Å²) in [6.07, 6.45) is 0.241. The van der Waals surface area contributed by atoms with Crippen molar-refractivity contribution in [3.05, 3.63) is 45.6 Å². The molecule has 0 aliphatic rings. The molecule has 1 aromatic carbocycles. The van der Waals surface area contributed by atoms with E-state index in [4.69, 9.17) is 11.6 Å². The molecule has 2 aromatic rings. The molecule has 0 radical (unpaired) electrons.